The molecule has 0 saturated heterocycles. The van der Waals surface area contributed by atoms with Gasteiger partial charge in [-0.1, -0.05) is 29.8 Å². The molecule has 29 heavy (non-hydrogen) atoms. The van der Waals surface area contributed by atoms with E-state index in [2.05, 4.69) is 4.99 Å². The van der Waals surface area contributed by atoms with Crippen molar-refractivity contribution >= 4 is 23.3 Å². The van der Waals surface area contributed by atoms with Gasteiger partial charge in [0.2, 0.25) is 0 Å². The number of nitrogens with two attached hydrogens (primary N) is 1. The molecular formula is C20H27ClN2O6. The molecule has 1 aliphatic rings. The van der Waals surface area contributed by atoms with E-state index in [0.29, 0.717) is 22.8 Å². The molecule has 2 unspecified atom stereocenters. The van der Waals surface area contributed by atoms with Gasteiger partial charge in [0, 0.05) is 29.8 Å². The van der Waals surface area contributed by atoms with Crippen molar-refractivity contribution in [3.05, 3.63) is 46.1 Å². The summed E-state index contributed by atoms with van der Waals surface area (Å²) in [4.78, 5) is 17.1. The van der Waals surface area contributed by atoms with E-state index in [9.17, 15) is 15.0 Å². The van der Waals surface area contributed by atoms with Crippen molar-refractivity contribution < 1.29 is 29.2 Å². The van der Waals surface area contributed by atoms with E-state index in [0.717, 1.165) is 0 Å². The van der Waals surface area contributed by atoms with Crippen LogP contribution in [0.2, 0.25) is 5.02 Å². The number of halogens is 1. The van der Waals surface area contributed by atoms with Crippen molar-refractivity contribution in [2.45, 2.75) is 25.7 Å². The van der Waals surface area contributed by atoms with Crippen molar-refractivity contribution in [2.75, 3.05) is 33.5 Å². The van der Waals surface area contributed by atoms with Crippen LogP contribution in [0.4, 0.5) is 0 Å². The van der Waals surface area contributed by atoms with Crippen molar-refractivity contribution in [1.82, 2.24) is 0 Å². The standard InChI is InChI=1S/C20H27ClN2O6/c1-4-29-20(25,26)18-15(11-28-10-9-22)23-12(2)16(19(24)27-3)17(18)13-7-5-6-8-14(13)21/h5-8,16-17,25-26H,4,9-11,22H2,1-3H3. The van der Waals surface area contributed by atoms with Gasteiger partial charge in [0.15, 0.2) is 0 Å². The van der Waals surface area contributed by atoms with E-state index in [1.165, 1.54) is 7.11 Å². The van der Waals surface area contributed by atoms with Gasteiger partial charge in [-0.05, 0) is 25.5 Å². The Bertz CT molecular complexity index is 793. The molecule has 9 heteroatoms. The molecule has 8 nitrogen and oxygen atoms in total. The predicted octanol–water partition coefficient (Wildman–Crippen LogP) is 1.59. The maximum Gasteiger partial charge on any atom is 0.315 e. The molecule has 0 amide bonds. The molecule has 160 valence electrons. The molecule has 1 heterocycles. The van der Waals surface area contributed by atoms with Gasteiger partial charge >= 0.3 is 11.9 Å². The molecule has 1 aromatic carbocycles. The van der Waals surface area contributed by atoms with Gasteiger partial charge in [-0.15, -0.1) is 0 Å². The average molecular weight is 427 g/mol. The number of carbonyl (C=O) groups excluding carboxylic acids is 1. The molecule has 0 aliphatic carbocycles. The molecule has 0 bridgehead atoms. The quantitative estimate of drug-likeness (QED) is 0.311. The fourth-order valence-corrected chi connectivity index (χ4v) is 3.71. The van der Waals surface area contributed by atoms with Gasteiger partial charge in [0.1, 0.15) is 5.92 Å². The van der Waals surface area contributed by atoms with Crippen LogP contribution in [0, 0.1) is 5.92 Å². The Labute approximate surface area is 174 Å². The van der Waals surface area contributed by atoms with Crippen LogP contribution in [0.1, 0.15) is 25.3 Å². The summed E-state index contributed by atoms with van der Waals surface area (Å²) in [7, 11) is 1.26. The second-order valence-corrected chi connectivity index (χ2v) is 6.90. The van der Waals surface area contributed by atoms with Crippen LogP contribution in [0.5, 0.6) is 0 Å². The molecule has 2 rings (SSSR count). The van der Waals surface area contributed by atoms with E-state index in [4.69, 9.17) is 31.5 Å². The highest BCUT2D eigenvalue weighted by molar-refractivity contribution is 6.31. The van der Waals surface area contributed by atoms with Crippen molar-refractivity contribution in [2.24, 2.45) is 16.6 Å². The average Bonchev–Trinajstić information content (AvgIpc) is 2.67. The number of nitrogens with zero attached hydrogens (tertiary/aromatic N) is 1. The minimum Gasteiger partial charge on any atom is -0.468 e. The molecular weight excluding hydrogens is 400 g/mol. The van der Waals surface area contributed by atoms with E-state index in [1.54, 1.807) is 38.1 Å². The van der Waals surface area contributed by atoms with Gasteiger partial charge in [-0.2, -0.15) is 0 Å². The highest BCUT2D eigenvalue weighted by Crippen LogP contribution is 2.45. The first-order valence-electron chi connectivity index (χ1n) is 9.25. The summed E-state index contributed by atoms with van der Waals surface area (Å²) in [5.41, 5.74) is 6.64. The number of ether oxygens (including phenoxy) is 3. The first-order valence-corrected chi connectivity index (χ1v) is 9.63. The molecule has 4 N–H and O–H groups in total. The lowest BCUT2D eigenvalue weighted by atomic mass is 9.74. The van der Waals surface area contributed by atoms with Gasteiger partial charge < -0.3 is 30.2 Å². The summed E-state index contributed by atoms with van der Waals surface area (Å²) in [6, 6.07) is 6.86. The summed E-state index contributed by atoms with van der Waals surface area (Å²) in [5.74, 6) is -5.09. The van der Waals surface area contributed by atoms with E-state index in [1.807, 2.05) is 0 Å². The number of hydrogen-bond acceptors (Lipinski definition) is 8. The number of carbonyl (C=O) groups is 1. The summed E-state index contributed by atoms with van der Waals surface area (Å²) in [5, 5.41) is 21.9. The summed E-state index contributed by atoms with van der Waals surface area (Å²) in [6.07, 6.45) is 0. The molecule has 0 aromatic heterocycles. The normalized spacial score (nSPS) is 19.9. The van der Waals surface area contributed by atoms with Gasteiger partial charge in [0.05, 0.1) is 31.6 Å². The zero-order chi connectivity index (χ0) is 21.6. The van der Waals surface area contributed by atoms with E-state index >= 15 is 0 Å². The zero-order valence-corrected chi connectivity index (χ0v) is 17.5. The third kappa shape index (κ3) is 5.22. The minimum atomic E-state index is -2.70. The first-order chi connectivity index (χ1) is 13.8. The van der Waals surface area contributed by atoms with Gasteiger partial charge in [-0.3, -0.25) is 9.79 Å². The number of benzene rings is 1. The smallest absolute Gasteiger partial charge is 0.315 e. The van der Waals surface area contributed by atoms with Crippen LogP contribution in [-0.4, -0.2) is 61.3 Å². The largest absolute Gasteiger partial charge is 0.468 e. The Morgan fingerprint density at radius 2 is 2.03 bits per heavy atom. The third-order valence-electron chi connectivity index (χ3n) is 4.61. The van der Waals surface area contributed by atoms with Crippen LogP contribution < -0.4 is 5.73 Å². The van der Waals surface area contributed by atoms with Crippen LogP contribution in [0.15, 0.2) is 40.5 Å². The topological polar surface area (TPSA) is 124 Å². The highest BCUT2D eigenvalue weighted by Gasteiger charge is 2.48. The SMILES string of the molecule is CCOC(O)(O)C1=C(COCCN)N=C(C)C(C(=O)OC)C1c1ccccc1Cl. The second kappa shape index (κ2) is 10.3. The van der Waals surface area contributed by atoms with Crippen LogP contribution in [0.3, 0.4) is 0 Å². The fourth-order valence-electron chi connectivity index (χ4n) is 3.46. The third-order valence-corrected chi connectivity index (χ3v) is 4.95. The lowest BCUT2D eigenvalue weighted by molar-refractivity contribution is -0.312. The molecule has 0 radical (unpaired) electrons. The van der Waals surface area contributed by atoms with Crippen LogP contribution in [-0.2, 0) is 19.0 Å². The van der Waals surface area contributed by atoms with Gasteiger partial charge in [0.25, 0.3) is 0 Å². The molecule has 0 fully saturated rings. The zero-order valence-electron chi connectivity index (χ0n) is 16.7. The number of esters is 1. The minimum absolute atomic E-state index is 0.00820. The van der Waals surface area contributed by atoms with Crippen molar-refractivity contribution in [3.8, 4) is 0 Å². The summed E-state index contributed by atoms with van der Waals surface area (Å²) in [6.45, 7) is 3.79. The Kier molecular flexibility index (Phi) is 8.33. The molecule has 2 atom stereocenters. The fraction of sp³-hybridized carbons (Fsp3) is 0.500. The monoisotopic (exact) mass is 426 g/mol. The van der Waals surface area contributed by atoms with E-state index < -0.39 is 23.8 Å². The number of aliphatic hydroxyl groups is 2. The Morgan fingerprint density at radius 3 is 2.62 bits per heavy atom. The lowest BCUT2D eigenvalue weighted by Gasteiger charge is -2.38. The predicted molar refractivity (Wildman–Crippen MR) is 109 cm³/mol. The maximum atomic E-state index is 12.6. The van der Waals surface area contributed by atoms with Crippen molar-refractivity contribution in [3.63, 3.8) is 0 Å². The lowest BCUT2D eigenvalue weighted by Crippen LogP contribution is -2.45. The number of hydrogen-bond donors (Lipinski definition) is 3. The molecule has 1 aliphatic heterocycles. The summed E-state index contributed by atoms with van der Waals surface area (Å²) < 4.78 is 15.7. The Morgan fingerprint density at radius 1 is 1.34 bits per heavy atom. The molecule has 0 saturated carbocycles. The highest BCUT2D eigenvalue weighted by atomic mass is 35.5. The molecule has 1 aromatic rings. The van der Waals surface area contributed by atoms with Crippen LogP contribution in [0.25, 0.3) is 0 Å². The Balaban J connectivity index is 2.74. The summed E-state index contributed by atoms with van der Waals surface area (Å²) >= 11 is 6.42. The Hall–Kier alpha value is -1.81. The van der Waals surface area contributed by atoms with Crippen LogP contribution >= 0.6 is 11.6 Å². The maximum absolute atomic E-state index is 12.6. The van der Waals surface area contributed by atoms with E-state index in [-0.39, 0.29) is 31.1 Å². The second-order valence-electron chi connectivity index (χ2n) is 6.50. The van der Waals surface area contributed by atoms with Gasteiger partial charge in [-0.25, -0.2) is 0 Å². The van der Waals surface area contributed by atoms with Crippen molar-refractivity contribution in [1.29, 1.82) is 0 Å². The number of aliphatic imine (C=N–C) groups is 1. The number of methoxy groups -OCH3 is 1. The molecule has 0 spiro atoms. The first kappa shape index (κ1) is 23.5. The number of rotatable bonds is 9.